The Bertz CT molecular complexity index is 253. The molecule has 0 saturated heterocycles. The van der Waals surface area contributed by atoms with E-state index in [1.807, 2.05) is 0 Å². The maximum absolute atomic E-state index is 9.34. The maximum atomic E-state index is 9.34. The lowest BCUT2D eigenvalue weighted by Crippen LogP contribution is -2.28. The van der Waals surface area contributed by atoms with Gasteiger partial charge in [-0.25, -0.2) is 0 Å². The fraction of sp³-hybridized carbons (Fsp3) is 0.692. The van der Waals surface area contributed by atoms with Crippen LogP contribution >= 0.6 is 0 Å². The summed E-state index contributed by atoms with van der Waals surface area (Å²) in [5.41, 5.74) is 0.703. The lowest BCUT2D eigenvalue weighted by molar-refractivity contribution is 0.242. The van der Waals surface area contributed by atoms with Gasteiger partial charge in [0, 0.05) is 0 Å². The molecule has 1 unspecified atom stereocenters. The Morgan fingerprint density at radius 3 is 2.31 bits per heavy atom. The summed E-state index contributed by atoms with van der Waals surface area (Å²) in [7, 11) is -1.34. The summed E-state index contributed by atoms with van der Waals surface area (Å²) in [5.74, 6) is 1.66. The highest BCUT2D eigenvalue weighted by Gasteiger charge is 2.29. The van der Waals surface area contributed by atoms with Crippen LogP contribution in [0, 0.1) is 17.8 Å². The molecule has 1 aliphatic carbocycles. The number of rotatable bonds is 4. The zero-order valence-corrected chi connectivity index (χ0v) is 10.4. The van der Waals surface area contributed by atoms with E-state index in [1.165, 1.54) is 25.7 Å². The molecule has 0 radical (unpaired) electrons. The molecule has 0 bridgehead atoms. The zero-order valence-electron chi connectivity index (χ0n) is 10.4. The van der Waals surface area contributed by atoms with Crippen molar-refractivity contribution in [1.82, 2.24) is 0 Å². The lowest BCUT2D eigenvalue weighted by Gasteiger charge is -2.32. The average molecular weight is 222 g/mol. The first-order chi connectivity index (χ1) is 7.56. The van der Waals surface area contributed by atoms with E-state index in [-0.39, 0.29) is 5.92 Å². The second kappa shape index (κ2) is 6.26. The van der Waals surface area contributed by atoms with Crippen molar-refractivity contribution in [2.45, 2.75) is 39.5 Å². The minimum absolute atomic E-state index is 0.241. The molecule has 0 aliphatic heterocycles. The number of hydrogen-bond donors (Lipinski definition) is 2. The predicted octanol–water partition coefficient (Wildman–Crippen LogP) is 2.57. The van der Waals surface area contributed by atoms with Gasteiger partial charge in [0.15, 0.2) is 0 Å². The summed E-state index contributed by atoms with van der Waals surface area (Å²) in [6.45, 7) is 8.01. The zero-order chi connectivity index (χ0) is 12.1. The smallest absolute Gasteiger partial charge is 0.423 e. The molecular formula is C13H23BO2. The summed E-state index contributed by atoms with van der Waals surface area (Å²) in [4.78, 5) is 0. The van der Waals surface area contributed by atoms with Crippen LogP contribution in [0.3, 0.4) is 0 Å². The summed E-state index contributed by atoms with van der Waals surface area (Å²) in [5, 5.41) is 18.7. The van der Waals surface area contributed by atoms with Gasteiger partial charge in [-0.2, -0.15) is 0 Å². The summed E-state index contributed by atoms with van der Waals surface area (Å²) in [6.07, 6.45) is 8.30. The molecule has 0 heterocycles. The highest BCUT2D eigenvalue weighted by molar-refractivity contribution is 6.50. The Morgan fingerprint density at radius 2 is 1.88 bits per heavy atom. The van der Waals surface area contributed by atoms with Crippen LogP contribution in [0.5, 0.6) is 0 Å². The van der Waals surface area contributed by atoms with E-state index in [0.29, 0.717) is 11.4 Å². The van der Waals surface area contributed by atoms with Crippen molar-refractivity contribution in [2.24, 2.45) is 17.8 Å². The van der Waals surface area contributed by atoms with Gasteiger partial charge in [-0.05, 0) is 36.1 Å². The van der Waals surface area contributed by atoms with Gasteiger partial charge < -0.3 is 10.0 Å². The minimum atomic E-state index is -1.34. The van der Waals surface area contributed by atoms with Crippen molar-refractivity contribution < 1.29 is 10.0 Å². The van der Waals surface area contributed by atoms with Crippen LogP contribution < -0.4 is 0 Å². The molecule has 0 spiro atoms. The van der Waals surface area contributed by atoms with Crippen LogP contribution in [0.25, 0.3) is 0 Å². The van der Waals surface area contributed by atoms with E-state index in [1.54, 1.807) is 12.2 Å². The van der Waals surface area contributed by atoms with Gasteiger partial charge in [0.05, 0.1) is 0 Å². The molecule has 1 rings (SSSR count). The molecule has 1 aliphatic rings. The second-order valence-corrected chi connectivity index (χ2v) is 5.08. The first-order valence-corrected chi connectivity index (χ1v) is 6.25. The summed E-state index contributed by atoms with van der Waals surface area (Å²) in [6, 6.07) is 0. The molecule has 0 amide bonds. The molecule has 0 aromatic carbocycles. The van der Waals surface area contributed by atoms with Crippen molar-refractivity contribution >= 4 is 7.12 Å². The van der Waals surface area contributed by atoms with E-state index in [4.69, 9.17) is 0 Å². The fourth-order valence-corrected chi connectivity index (χ4v) is 2.67. The van der Waals surface area contributed by atoms with E-state index in [0.717, 1.165) is 5.92 Å². The molecule has 2 N–H and O–H groups in total. The van der Waals surface area contributed by atoms with E-state index < -0.39 is 7.12 Å². The van der Waals surface area contributed by atoms with Crippen LogP contribution in [-0.2, 0) is 0 Å². The SMILES string of the molecule is C=C/C=C(/B(O)O)C(C)C1CCC(C)CC1. The van der Waals surface area contributed by atoms with Crippen molar-refractivity contribution in [3.8, 4) is 0 Å². The molecule has 1 fully saturated rings. The molecule has 2 nitrogen and oxygen atoms in total. The van der Waals surface area contributed by atoms with E-state index in [2.05, 4.69) is 20.4 Å². The van der Waals surface area contributed by atoms with Gasteiger partial charge in [-0.15, -0.1) is 0 Å². The molecule has 3 heteroatoms. The Labute approximate surface area is 99.2 Å². The third-order valence-corrected chi connectivity index (χ3v) is 3.90. The largest absolute Gasteiger partial charge is 0.484 e. The molecule has 0 aromatic rings. The van der Waals surface area contributed by atoms with Crippen LogP contribution in [-0.4, -0.2) is 17.2 Å². The predicted molar refractivity (Wildman–Crippen MR) is 68.8 cm³/mol. The normalized spacial score (nSPS) is 28.6. The van der Waals surface area contributed by atoms with Crippen LogP contribution in [0.15, 0.2) is 24.2 Å². The van der Waals surface area contributed by atoms with Crippen molar-refractivity contribution in [3.63, 3.8) is 0 Å². The highest BCUT2D eigenvalue weighted by Crippen LogP contribution is 2.36. The minimum Gasteiger partial charge on any atom is -0.423 e. The number of allylic oxidation sites excluding steroid dienone is 3. The van der Waals surface area contributed by atoms with Crippen LogP contribution in [0.4, 0.5) is 0 Å². The molecule has 1 atom stereocenters. The van der Waals surface area contributed by atoms with Gasteiger partial charge in [-0.1, -0.05) is 45.4 Å². The summed E-state index contributed by atoms with van der Waals surface area (Å²) >= 11 is 0. The Hall–Kier alpha value is -0.535. The molecule has 1 saturated carbocycles. The second-order valence-electron chi connectivity index (χ2n) is 5.08. The van der Waals surface area contributed by atoms with Crippen LogP contribution in [0.1, 0.15) is 39.5 Å². The Morgan fingerprint density at radius 1 is 1.31 bits per heavy atom. The topological polar surface area (TPSA) is 40.5 Å². The third kappa shape index (κ3) is 3.50. The van der Waals surface area contributed by atoms with Crippen molar-refractivity contribution in [1.29, 1.82) is 0 Å². The van der Waals surface area contributed by atoms with Crippen LogP contribution in [0.2, 0.25) is 0 Å². The van der Waals surface area contributed by atoms with Crippen molar-refractivity contribution in [2.75, 3.05) is 0 Å². The fourth-order valence-electron chi connectivity index (χ4n) is 2.67. The van der Waals surface area contributed by atoms with E-state index >= 15 is 0 Å². The van der Waals surface area contributed by atoms with Gasteiger partial charge >= 0.3 is 7.12 Å². The molecule has 0 aromatic heterocycles. The maximum Gasteiger partial charge on any atom is 0.484 e. The van der Waals surface area contributed by atoms with Gasteiger partial charge in [-0.3, -0.25) is 0 Å². The summed E-state index contributed by atoms with van der Waals surface area (Å²) < 4.78 is 0. The average Bonchev–Trinajstić information content (AvgIpc) is 2.25. The standard InChI is InChI=1S/C13H23BO2/c1-4-5-13(14(15)16)11(3)12-8-6-10(2)7-9-12/h4-5,10-12,15-16H,1,6-9H2,2-3H3/b13-5+. The lowest BCUT2D eigenvalue weighted by atomic mass is 9.64. The molecule has 90 valence electrons. The molecule has 16 heavy (non-hydrogen) atoms. The third-order valence-electron chi connectivity index (χ3n) is 3.90. The van der Waals surface area contributed by atoms with Gasteiger partial charge in [0.2, 0.25) is 0 Å². The van der Waals surface area contributed by atoms with Crippen molar-refractivity contribution in [3.05, 3.63) is 24.2 Å². The first kappa shape index (κ1) is 13.5. The Kier molecular flexibility index (Phi) is 5.30. The monoisotopic (exact) mass is 222 g/mol. The quantitative estimate of drug-likeness (QED) is 0.566. The highest BCUT2D eigenvalue weighted by atomic mass is 16.4. The van der Waals surface area contributed by atoms with E-state index in [9.17, 15) is 10.0 Å². The van der Waals surface area contributed by atoms with Gasteiger partial charge in [0.1, 0.15) is 0 Å². The number of hydrogen-bond acceptors (Lipinski definition) is 2. The molecular weight excluding hydrogens is 199 g/mol. The van der Waals surface area contributed by atoms with Gasteiger partial charge in [0.25, 0.3) is 0 Å². The Balaban J connectivity index is 2.64. The first-order valence-electron chi connectivity index (χ1n) is 6.25.